The third-order valence-electron chi connectivity index (χ3n) is 4.40. The number of carbonyl (C=O) groups is 1. The number of hydrogen-bond acceptors (Lipinski definition) is 2. The predicted octanol–water partition coefficient (Wildman–Crippen LogP) is 6.36. The summed E-state index contributed by atoms with van der Waals surface area (Å²) in [4.78, 5) is 11.3. The van der Waals surface area contributed by atoms with E-state index in [4.69, 9.17) is 4.74 Å². The van der Waals surface area contributed by atoms with E-state index in [2.05, 4.69) is 46.8 Å². The second kappa shape index (κ2) is 9.54. The van der Waals surface area contributed by atoms with Gasteiger partial charge in [-0.2, -0.15) is 0 Å². The maximum absolute atomic E-state index is 11.3. The Balaban J connectivity index is 0.000000593. The lowest BCUT2D eigenvalue weighted by Gasteiger charge is -2.29. The van der Waals surface area contributed by atoms with E-state index in [1.54, 1.807) is 0 Å². The van der Waals surface area contributed by atoms with E-state index in [0.717, 1.165) is 18.4 Å². The van der Waals surface area contributed by atoms with Crippen molar-refractivity contribution < 1.29 is 9.53 Å². The fourth-order valence-corrected chi connectivity index (χ4v) is 2.82. The van der Waals surface area contributed by atoms with Crippen LogP contribution in [0.2, 0.25) is 0 Å². The quantitative estimate of drug-likeness (QED) is 0.477. The summed E-state index contributed by atoms with van der Waals surface area (Å²) in [5, 5.41) is 0. The standard InChI is InChI=1S/C17H22O2.C4H10/c1-5-7-14-10-11(2)12(3)15-8-6-9-16(17(14)15)19-13(4)18;1-3-4-2/h6,8-12H,5,7H2,1-4H3;3-4H2,1-2H3/t11?,12-;/m0./s1. The van der Waals surface area contributed by atoms with Crippen molar-refractivity contribution in [3.8, 4) is 5.75 Å². The fraction of sp³-hybridized carbons (Fsp3) is 0.571. The Bertz CT molecular complexity index is 541. The summed E-state index contributed by atoms with van der Waals surface area (Å²) in [5.74, 6) is 1.45. The Morgan fingerprint density at radius 1 is 1.09 bits per heavy atom. The fourth-order valence-electron chi connectivity index (χ4n) is 2.82. The number of esters is 1. The number of benzene rings is 1. The van der Waals surface area contributed by atoms with Gasteiger partial charge >= 0.3 is 5.97 Å². The summed E-state index contributed by atoms with van der Waals surface area (Å²) in [6.07, 6.45) is 7.10. The highest BCUT2D eigenvalue weighted by molar-refractivity contribution is 5.79. The third kappa shape index (κ3) is 5.23. The lowest BCUT2D eigenvalue weighted by atomic mass is 9.76. The summed E-state index contributed by atoms with van der Waals surface area (Å²) in [7, 11) is 0. The normalized spacial score (nSPS) is 19.1. The molecule has 0 heterocycles. The number of fused-ring (bicyclic) bond motifs is 1. The highest BCUT2D eigenvalue weighted by Gasteiger charge is 2.26. The summed E-state index contributed by atoms with van der Waals surface area (Å²) < 4.78 is 5.39. The van der Waals surface area contributed by atoms with E-state index in [9.17, 15) is 4.79 Å². The maximum Gasteiger partial charge on any atom is 0.308 e. The summed E-state index contributed by atoms with van der Waals surface area (Å²) >= 11 is 0. The lowest BCUT2D eigenvalue weighted by Crippen LogP contribution is -2.14. The molecule has 0 aliphatic heterocycles. The van der Waals surface area contributed by atoms with Gasteiger partial charge in [-0.05, 0) is 35.5 Å². The molecule has 1 aromatic rings. The monoisotopic (exact) mass is 316 g/mol. The molecule has 0 bridgehead atoms. The number of allylic oxidation sites excluding steroid dienone is 2. The molecule has 0 saturated heterocycles. The van der Waals surface area contributed by atoms with Crippen LogP contribution in [0.5, 0.6) is 5.75 Å². The number of hydrogen-bond donors (Lipinski definition) is 0. The first-order valence-corrected chi connectivity index (χ1v) is 8.98. The van der Waals surface area contributed by atoms with E-state index in [0.29, 0.717) is 17.6 Å². The van der Waals surface area contributed by atoms with Crippen molar-refractivity contribution in [3.63, 3.8) is 0 Å². The Hall–Kier alpha value is -1.57. The van der Waals surface area contributed by atoms with Crippen molar-refractivity contribution in [2.45, 2.75) is 73.1 Å². The first-order valence-electron chi connectivity index (χ1n) is 8.98. The zero-order valence-corrected chi connectivity index (χ0v) is 15.6. The van der Waals surface area contributed by atoms with Gasteiger partial charge in [-0.1, -0.05) is 72.1 Å². The van der Waals surface area contributed by atoms with Crippen LogP contribution in [-0.4, -0.2) is 5.97 Å². The Morgan fingerprint density at radius 2 is 1.74 bits per heavy atom. The first kappa shape index (κ1) is 19.5. The van der Waals surface area contributed by atoms with Crippen LogP contribution in [0.4, 0.5) is 0 Å². The summed E-state index contributed by atoms with van der Waals surface area (Å²) in [6.45, 7) is 12.5. The van der Waals surface area contributed by atoms with Crippen molar-refractivity contribution in [1.82, 2.24) is 0 Å². The molecule has 1 unspecified atom stereocenters. The van der Waals surface area contributed by atoms with E-state index in [1.165, 1.54) is 30.9 Å². The van der Waals surface area contributed by atoms with Crippen LogP contribution >= 0.6 is 0 Å². The molecule has 2 nitrogen and oxygen atoms in total. The molecule has 128 valence electrons. The molecule has 2 rings (SSSR count). The highest BCUT2D eigenvalue weighted by Crippen LogP contribution is 2.43. The van der Waals surface area contributed by atoms with Gasteiger partial charge in [-0.3, -0.25) is 4.79 Å². The van der Waals surface area contributed by atoms with Crippen LogP contribution in [0, 0.1) is 5.92 Å². The molecule has 2 atom stereocenters. The molecule has 0 aromatic heterocycles. The van der Waals surface area contributed by atoms with Crippen LogP contribution in [0.25, 0.3) is 5.57 Å². The SMILES string of the molecule is CCCC.CCCC1=CC(C)[C@H](C)c2cccc(OC(C)=O)c21. The van der Waals surface area contributed by atoms with Gasteiger partial charge < -0.3 is 4.74 Å². The van der Waals surface area contributed by atoms with Gasteiger partial charge in [0, 0.05) is 12.5 Å². The Labute approximate surface area is 141 Å². The van der Waals surface area contributed by atoms with E-state index < -0.39 is 0 Å². The molecule has 23 heavy (non-hydrogen) atoms. The first-order chi connectivity index (χ1) is 11.0. The largest absolute Gasteiger partial charge is 0.426 e. The topological polar surface area (TPSA) is 26.3 Å². The van der Waals surface area contributed by atoms with Gasteiger partial charge in [-0.25, -0.2) is 0 Å². The molecule has 0 fully saturated rings. The molecule has 1 aliphatic rings. The van der Waals surface area contributed by atoms with E-state index >= 15 is 0 Å². The minimum absolute atomic E-state index is 0.254. The summed E-state index contributed by atoms with van der Waals surface area (Å²) in [6, 6.07) is 6.04. The zero-order valence-electron chi connectivity index (χ0n) is 15.6. The number of rotatable bonds is 4. The number of carbonyl (C=O) groups excluding carboxylic acids is 1. The van der Waals surface area contributed by atoms with Gasteiger partial charge in [0.05, 0.1) is 0 Å². The molecule has 2 heteroatoms. The van der Waals surface area contributed by atoms with E-state index in [-0.39, 0.29) is 5.97 Å². The van der Waals surface area contributed by atoms with Gasteiger partial charge in [0.2, 0.25) is 0 Å². The van der Waals surface area contributed by atoms with Crippen LogP contribution in [0.3, 0.4) is 0 Å². The van der Waals surface area contributed by atoms with Crippen LogP contribution < -0.4 is 4.74 Å². The highest BCUT2D eigenvalue weighted by atomic mass is 16.5. The minimum Gasteiger partial charge on any atom is -0.426 e. The Kier molecular flexibility index (Phi) is 8.08. The minimum atomic E-state index is -0.254. The van der Waals surface area contributed by atoms with Crippen molar-refractivity contribution >= 4 is 11.5 Å². The van der Waals surface area contributed by atoms with Gasteiger partial charge in [-0.15, -0.1) is 0 Å². The molecular weight excluding hydrogens is 284 g/mol. The number of unbranched alkanes of at least 4 members (excludes halogenated alkanes) is 1. The lowest BCUT2D eigenvalue weighted by molar-refractivity contribution is -0.131. The van der Waals surface area contributed by atoms with Gasteiger partial charge in [0.15, 0.2) is 0 Å². The smallest absolute Gasteiger partial charge is 0.308 e. The summed E-state index contributed by atoms with van der Waals surface area (Å²) in [5.41, 5.74) is 3.77. The maximum atomic E-state index is 11.3. The third-order valence-corrected chi connectivity index (χ3v) is 4.40. The molecular formula is C21H32O2. The van der Waals surface area contributed by atoms with Crippen LogP contribution in [0.15, 0.2) is 24.3 Å². The van der Waals surface area contributed by atoms with Crippen molar-refractivity contribution in [2.24, 2.45) is 5.92 Å². The molecule has 0 N–H and O–H groups in total. The number of ether oxygens (including phenoxy) is 1. The molecule has 0 radical (unpaired) electrons. The van der Waals surface area contributed by atoms with E-state index in [1.807, 2.05) is 12.1 Å². The second-order valence-corrected chi connectivity index (χ2v) is 6.40. The van der Waals surface area contributed by atoms with Crippen molar-refractivity contribution in [2.75, 3.05) is 0 Å². The Morgan fingerprint density at radius 3 is 2.26 bits per heavy atom. The average Bonchev–Trinajstić information content (AvgIpc) is 2.52. The zero-order chi connectivity index (χ0) is 17.4. The molecule has 0 saturated carbocycles. The average molecular weight is 316 g/mol. The molecule has 0 amide bonds. The van der Waals surface area contributed by atoms with Crippen molar-refractivity contribution in [3.05, 3.63) is 35.4 Å². The van der Waals surface area contributed by atoms with Crippen LogP contribution in [-0.2, 0) is 4.79 Å². The van der Waals surface area contributed by atoms with Gasteiger partial charge in [0.1, 0.15) is 5.75 Å². The predicted molar refractivity (Wildman–Crippen MR) is 98.8 cm³/mol. The van der Waals surface area contributed by atoms with Gasteiger partial charge in [0.25, 0.3) is 0 Å². The molecule has 0 spiro atoms. The van der Waals surface area contributed by atoms with Crippen LogP contribution in [0.1, 0.15) is 84.3 Å². The molecule has 1 aliphatic carbocycles. The second-order valence-electron chi connectivity index (χ2n) is 6.40. The molecule has 1 aromatic carbocycles. The van der Waals surface area contributed by atoms with Crippen molar-refractivity contribution in [1.29, 1.82) is 0 Å².